The SMILES string of the molecule is O=C(O)C=CC(=O)O.c1cncc(N2C[C@@H]3CNC[C@@H]32)c1. The van der Waals surface area contributed by atoms with Crippen molar-refractivity contribution in [2.45, 2.75) is 6.04 Å². The fourth-order valence-corrected chi connectivity index (χ4v) is 2.48. The van der Waals surface area contributed by atoms with Crippen molar-refractivity contribution in [3.63, 3.8) is 0 Å². The Kier molecular flexibility index (Phi) is 4.89. The largest absolute Gasteiger partial charge is 0.478 e. The van der Waals surface area contributed by atoms with Crippen LogP contribution in [0, 0.1) is 5.92 Å². The molecule has 0 aromatic carbocycles. The molecule has 0 aliphatic carbocycles. The summed E-state index contributed by atoms with van der Waals surface area (Å²) in [5, 5.41) is 19.0. The van der Waals surface area contributed by atoms with E-state index in [1.807, 2.05) is 18.5 Å². The van der Waals surface area contributed by atoms with Gasteiger partial charge in [-0.25, -0.2) is 9.59 Å². The second kappa shape index (κ2) is 6.85. The topological polar surface area (TPSA) is 103 Å². The predicted molar refractivity (Wildman–Crippen MR) is 76.1 cm³/mol. The van der Waals surface area contributed by atoms with E-state index in [1.54, 1.807) is 0 Å². The summed E-state index contributed by atoms with van der Waals surface area (Å²) in [4.78, 5) is 25.7. The lowest BCUT2D eigenvalue weighted by Crippen LogP contribution is -2.55. The first-order chi connectivity index (χ1) is 10.1. The highest BCUT2D eigenvalue weighted by atomic mass is 16.4. The van der Waals surface area contributed by atoms with E-state index in [2.05, 4.69) is 21.3 Å². The number of nitrogens with zero attached hydrogens (tertiary/aromatic N) is 2. The Morgan fingerprint density at radius 1 is 1.29 bits per heavy atom. The van der Waals surface area contributed by atoms with Crippen LogP contribution in [-0.4, -0.2) is 52.8 Å². The quantitative estimate of drug-likeness (QED) is 0.684. The highest BCUT2D eigenvalue weighted by Gasteiger charge is 2.41. The molecule has 2 fully saturated rings. The molecule has 21 heavy (non-hydrogen) atoms. The predicted octanol–water partition coefficient (Wildman–Crippen LogP) is 0.201. The van der Waals surface area contributed by atoms with Crippen molar-refractivity contribution in [3.05, 3.63) is 36.7 Å². The Morgan fingerprint density at radius 3 is 2.52 bits per heavy atom. The van der Waals surface area contributed by atoms with Crippen molar-refractivity contribution in [1.29, 1.82) is 0 Å². The second-order valence-electron chi connectivity index (χ2n) is 4.86. The number of carboxylic acid groups (broad SMARTS) is 2. The Hall–Kier alpha value is -2.41. The van der Waals surface area contributed by atoms with Gasteiger partial charge in [-0.1, -0.05) is 0 Å². The Labute approximate surface area is 121 Å². The van der Waals surface area contributed by atoms with Crippen molar-refractivity contribution >= 4 is 17.6 Å². The van der Waals surface area contributed by atoms with Crippen molar-refractivity contribution in [1.82, 2.24) is 10.3 Å². The van der Waals surface area contributed by atoms with Gasteiger partial charge in [0, 0.05) is 49.9 Å². The highest BCUT2D eigenvalue weighted by molar-refractivity contribution is 5.89. The number of carboxylic acids is 2. The first-order valence-electron chi connectivity index (χ1n) is 6.59. The van der Waals surface area contributed by atoms with Gasteiger partial charge in [0.25, 0.3) is 0 Å². The van der Waals surface area contributed by atoms with Crippen LogP contribution in [-0.2, 0) is 9.59 Å². The number of pyridine rings is 1. The minimum Gasteiger partial charge on any atom is -0.478 e. The number of fused-ring (bicyclic) bond motifs is 1. The number of nitrogens with one attached hydrogen (secondary N) is 1. The summed E-state index contributed by atoms with van der Waals surface area (Å²) in [6, 6.07) is 4.87. The van der Waals surface area contributed by atoms with Crippen molar-refractivity contribution in [2.75, 3.05) is 24.5 Å². The third-order valence-corrected chi connectivity index (χ3v) is 3.48. The smallest absolute Gasteiger partial charge is 0.328 e. The van der Waals surface area contributed by atoms with Gasteiger partial charge >= 0.3 is 11.9 Å². The summed E-state index contributed by atoms with van der Waals surface area (Å²) < 4.78 is 0. The zero-order valence-electron chi connectivity index (χ0n) is 11.3. The molecule has 7 nitrogen and oxygen atoms in total. The standard InChI is InChI=1S/C10H13N3.C4H4O4/c1-2-9(5-11-3-1)13-7-8-4-12-6-10(8)13;5-3(6)1-2-4(7)8/h1-3,5,8,10,12H,4,6-7H2;1-2H,(H,5,6)(H,7,8)/t8-,10-;/m0./s1. The van der Waals surface area contributed by atoms with E-state index < -0.39 is 11.9 Å². The molecule has 2 aliphatic rings. The van der Waals surface area contributed by atoms with Gasteiger partial charge in [0.05, 0.1) is 11.9 Å². The molecule has 2 saturated heterocycles. The molecule has 0 spiro atoms. The van der Waals surface area contributed by atoms with Crippen molar-refractivity contribution in [2.24, 2.45) is 5.92 Å². The van der Waals surface area contributed by atoms with Gasteiger partial charge in [-0.05, 0) is 12.1 Å². The molecule has 0 radical (unpaired) electrons. The zero-order valence-corrected chi connectivity index (χ0v) is 11.3. The maximum absolute atomic E-state index is 9.55. The molecule has 2 atom stereocenters. The van der Waals surface area contributed by atoms with Crippen LogP contribution in [0.3, 0.4) is 0 Å². The van der Waals surface area contributed by atoms with Gasteiger partial charge in [0.15, 0.2) is 0 Å². The molecule has 1 aromatic rings. The number of hydrogen-bond acceptors (Lipinski definition) is 5. The number of rotatable bonds is 3. The van der Waals surface area contributed by atoms with E-state index >= 15 is 0 Å². The number of hydrogen-bond donors (Lipinski definition) is 3. The molecule has 7 heteroatoms. The molecule has 1 aromatic heterocycles. The van der Waals surface area contributed by atoms with Crippen LogP contribution in [0.2, 0.25) is 0 Å². The van der Waals surface area contributed by atoms with Crippen LogP contribution in [0.25, 0.3) is 0 Å². The Morgan fingerprint density at radius 2 is 2.00 bits per heavy atom. The molecular weight excluding hydrogens is 274 g/mol. The lowest BCUT2D eigenvalue weighted by molar-refractivity contribution is -0.134. The van der Waals surface area contributed by atoms with E-state index in [0.29, 0.717) is 12.2 Å². The normalized spacial score (nSPS) is 23.0. The summed E-state index contributed by atoms with van der Waals surface area (Å²) in [5.74, 6) is -1.64. The van der Waals surface area contributed by atoms with Crippen LogP contribution in [0.4, 0.5) is 5.69 Å². The molecule has 0 saturated carbocycles. The molecule has 2 aliphatic heterocycles. The molecule has 0 bridgehead atoms. The summed E-state index contributed by atoms with van der Waals surface area (Å²) in [7, 11) is 0. The molecule has 3 rings (SSSR count). The highest BCUT2D eigenvalue weighted by Crippen LogP contribution is 2.32. The van der Waals surface area contributed by atoms with Gasteiger partial charge in [0.2, 0.25) is 0 Å². The minimum absolute atomic E-state index is 0.558. The van der Waals surface area contributed by atoms with Gasteiger partial charge in [-0.3, -0.25) is 4.98 Å². The fraction of sp³-hybridized carbons (Fsp3) is 0.357. The number of carbonyl (C=O) groups is 2. The fourth-order valence-electron chi connectivity index (χ4n) is 2.48. The van der Waals surface area contributed by atoms with E-state index in [1.165, 1.54) is 18.8 Å². The summed E-state index contributed by atoms with van der Waals surface area (Å²) in [5.41, 5.74) is 1.27. The van der Waals surface area contributed by atoms with Crippen LogP contribution in [0.15, 0.2) is 36.7 Å². The first-order valence-corrected chi connectivity index (χ1v) is 6.59. The molecule has 3 N–H and O–H groups in total. The number of aromatic nitrogens is 1. The molecule has 0 unspecified atom stereocenters. The Balaban J connectivity index is 0.000000177. The average molecular weight is 291 g/mol. The third-order valence-electron chi connectivity index (χ3n) is 3.48. The van der Waals surface area contributed by atoms with E-state index in [-0.39, 0.29) is 0 Å². The van der Waals surface area contributed by atoms with Crippen molar-refractivity contribution < 1.29 is 19.8 Å². The number of anilines is 1. The third kappa shape index (κ3) is 4.03. The van der Waals surface area contributed by atoms with Gasteiger partial charge in [-0.15, -0.1) is 0 Å². The summed E-state index contributed by atoms with van der Waals surface area (Å²) in [6.07, 6.45) is 4.90. The van der Waals surface area contributed by atoms with Crippen LogP contribution >= 0.6 is 0 Å². The van der Waals surface area contributed by atoms with E-state index in [9.17, 15) is 9.59 Å². The van der Waals surface area contributed by atoms with E-state index in [0.717, 1.165) is 18.5 Å². The van der Waals surface area contributed by atoms with Crippen LogP contribution < -0.4 is 10.2 Å². The summed E-state index contributed by atoms with van der Waals surface area (Å²) >= 11 is 0. The van der Waals surface area contributed by atoms with Gasteiger partial charge in [-0.2, -0.15) is 0 Å². The lowest BCUT2D eigenvalue weighted by atomic mass is 9.91. The zero-order chi connectivity index (χ0) is 15.2. The molecule has 112 valence electrons. The average Bonchev–Trinajstić information content (AvgIpc) is 2.80. The van der Waals surface area contributed by atoms with Gasteiger partial charge < -0.3 is 20.4 Å². The minimum atomic E-state index is -1.26. The maximum Gasteiger partial charge on any atom is 0.328 e. The molecular formula is C14H17N3O4. The van der Waals surface area contributed by atoms with Gasteiger partial charge in [0.1, 0.15) is 0 Å². The van der Waals surface area contributed by atoms with E-state index in [4.69, 9.17) is 10.2 Å². The maximum atomic E-state index is 9.55. The van der Waals surface area contributed by atoms with Crippen molar-refractivity contribution in [3.8, 4) is 0 Å². The Bertz CT molecular complexity index is 516. The molecule has 0 amide bonds. The number of aliphatic carboxylic acids is 2. The van der Waals surface area contributed by atoms with Crippen LogP contribution in [0.1, 0.15) is 0 Å². The second-order valence-corrected chi connectivity index (χ2v) is 4.86. The first kappa shape index (κ1) is 15.0. The van der Waals surface area contributed by atoms with Crippen LogP contribution in [0.5, 0.6) is 0 Å². The summed E-state index contributed by atoms with van der Waals surface area (Å²) in [6.45, 7) is 3.53. The molecule has 3 heterocycles. The monoisotopic (exact) mass is 291 g/mol. The lowest BCUT2D eigenvalue weighted by Gasteiger charge is -2.45.